The highest BCUT2D eigenvalue weighted by atomic mass is 19.4. The van der Waals surface area contributed by atoms with Gasteiger partial charge in [0.25, 0.3) is 0 Å². The molecule has 0 aliphatic carbocycles. The molecule has 0 amide bonds. The summed E-state index contributed by atoms with van der Waals surface area (Å²) in [4.78, 5) is 10.5. The van der Waals surface area contributed by atoms with Crippen LogP contribution in [0.15, 0.2) is 48.8 Å². The van der Waals surface area contributed by atoms with E-state index in [1.165, 1.54) is 7.11 Å². The number of anilines is 4. The zero-order valence-corrected chi connectivity index (χ0v) is 20.2. The molecule has 10 heteroatoms. The van der Waals surface area contributed by atoms with E-state index in [0.717, 1.165) is 31.4 Å². The van der Waals surface area contributed by atoms with Gasteiger partial charge in [-0.3, -0.25) is 0 Å². The number of nitrogens with one attached hydrogen (secondary N) is 1. The molecule has 3 heterocycles. The third-order valence-corrected chi connectivity index (χ3v) is 6.58. The number of aromatic nitrogens is 3. The number of nitrogen functional groups attached to an aromatic ring is 1. The lowest BCUT2D eigenvalue weighted by Crippen LogP contribution is -2.20. The van der Waals surface area contributed by atoms with Crippen molar-refractivity contribution in [1.29, 1.82) is 0 Å². The Morgan fingerprint density at radius 1 is 1.19 bits per heavy atom. The maximum atomic E-state index is 14.0. The van der Waals surface area contributed by atoms with Gasteiger partial charge in [-0.15, -0.1) is 0 Å². The van der Waals surface area contributed by atoms with Gasteiger partial charge in [0.2, 0.25) is 5.95 Å². The fourth-order valence-electron chi connectivity index (χ4n) is 4.84. The van der Waals surface area contributed by atoms with E-state index in [1.807, 2.05) is 12.1 Å². The molecule has 1 atom stereocenters. The molecule has 1 unspecified atom stereocenters. The lowest BCUT2D eigenvalue weighted by molar-refractivity contribution is -0.137. The van der Waals surface area contributed by atoms with Gasteiger partial charge in [-0.05, 0) is 36.6 Å². The quantitative estimate of drug-likeness (QED) is 0.338. The second kappa shape index (κ2) is 8.92. The highest BCUT2D eigenvalue weighted by molar-refractivity contribution is 5.99. The van der Waals surface area contributed by atoms with Crippen molar-refractivity contribution in [2.45, 2.75) is 19.5 Å². The van der Waals surface area contributed by atoms with Crippen LogP contribution < -0.4 is 20.7 Å². The first kappa shape index (κ1) is 23.8. The van der Waals surface area contributed by atoms with Crippen molar-refractivity contribution >= 4 is 33.9 Å². The normalized spacial score (nSPS) is 16.1. The fourth-order valence-corrected chi connectivity index (χ4v) is 4.84. The van der Waals surface area contributed by atoms with Crippen molar-refractivity contribution in [3.8, 4) is 17.0 Å². The second-order valence-corrected chi connectivity index (χ2v) is 9.20. The third-order valence-electron chi connectivity index (χ3n) is 6.58. The van der Waals surface area contributed by atoms with E-state index >= 15 is 0 Å². The van der Waals surface area contributed by atoms with E-state index < -0.39 is 11.7 Å². The number of ether oxygens (including phenoxy) is 1. The molecule has 5 rings (SSSR count). The average Bonchev–Trinajstić information content (AvgIpc) is 3.41. The van der Waals surface area contributed by atoms with Gasteiger partial charge >= 0.3 is 6.18 Å². The minimum atomic E-state index is -4.63. The molecule has 0 spiro atoms. The molecular formula is C26H27F3N6O. The summed E-state index contributed by atoms with van der Waals surface area (Å²) in [5.74, 6) is 1.21. The first-order chi connectivity index (χ1) is 17.2. The number of methoxy groups -OCH3 is 1. The number of fused-ring (bicyclic) bond motifs is 1. The van der Waals surface area contributed by atoms with Gasteiger partial charge in [-0.1, -0.05) is 19.1 Å². The standard InChI is InChI=1S/C26H27F3N6O/c1-15-9-10-35(13-15)21-8-7-16(11-20(21)30)32-25-31-12-19(26(27,28)29)23(33-25)18-14-34(2)24-17(18)5-4-6-22(24)36-3/h4-8,11-12,14-15H,9-10,13,30H2,1-3H3,(H,31,32,33). The molecule has 1 fully saturated rings. The van der Waals surface area contributed by atoms with E-state index in [2.05, 4.69) is 27.1 Å². The predicted molar refractivity (Wildman–Crippen MR) is 136 cm³/mol. The lowest BCUT2D eigenvalue weighted by atomic mass is 10.1. The maximum Gasteiger partial charge on any atom is 0.419 e. The summed E-state index contributed by atoms with van der Waals surface area (Å²) in [7, 11) is 3.28. The number of benzene rings is 2. The summed E-state index contributed by atoms with van der Waals surface area (Å²) in [6, 6.07) is 10.8. The monoisotopic (exact) mass is 496 g/mol. The van der Waals surface area contributed by atoms with Crippen LogP contribution in [-0.4, -0.2) is 34.7 Å². The molecule has 0 radical (unpaired) electrons. The van der Waals surface area contributed by atoms with Gasteiger partial charge in [0.1, 0.15) is 11.3 Å². The van der Waals surface area contributed by atoms with E-state index in [4.69, 9.17) is 10.5 Å². The van der Waals surface area contributed by atoms with Crippen LogP contribution in [0.25, 0.3) is 22.2 Å². The summed E-state index contributed by atoms with van der Waals surface area (Å²) in [6.07, 6.45) is -1.08. The summed E-state index contributed by atoms with van der Waals surface area (Å²) in [5.41, 5.74) is 8.32. The Bertz CT molecular complexity index is 1430. The molecule has 1 aliphatic heterocycles. The molecule has 188 valence electrons. The predicted octanol–water partition coefficient (Wildman–Crippen LogP) is 5.83. The minimum absolute atomic E-state index is 0.0415. The van der Waals surface area contributed by atoms with Gasteiger partial charge in [-0.25, -0.2) is 9.97 Å². The topological polar surface area (TPSA) is 81.2 Å². The van der Waals surface area contributed by atoms with E-state index in [0.29, 0.717) is 39.5 Å². The smallest absolute Gasteiger partial charge is 0.419 e. The van der Waals surface area contributed by atoms with Gasteiger partial charge in [0.15, 0.2) is 0 Å². The van der Waals surface area contributed by atoms with Crippen LogP contribution in [0, 0.1) is 5.92 Å². The van der Waals surface area contributed by atoms with Crippen molar-refractivity contribution < 1.29 is 17.9 Å². The average molecular weight is 497 g/mol. The number of rotatable bonds is 5. The second-order valence-electron chi connectivity index (χ2n) is 9.20. The van der Waals surface area contributed by atoms with Crippen LogP contribution in [0.5, 0.6) is 5.75 Å². The Hall–Kier alpha value is -3.95. The number of para-hydroxylation sites is 1. The van der Waals surface area contributed by atoms with Crippen LogP contribution in [0.1, 0.15) is 18.9 Å². The van der Waals surface area contributed by atoms with Crippen molar-refractivity contribution in [3.63, 3.8) is 0 Å². The number of alkyl halides is 3. The Morgan fingerprint density at radius 2 is 2.00 bits per heavy atom. The summed E-state index contributed by atoms with van der Waals surface area (Å²) >= 11 is 0. The van der Waals surface area contributed by atoms with Gasteiger partial charge in [-0.2, -0.15) is 13.2 Å². The summed E-state index contributed by atoms with van der Waals surface area (Å²) in [6.45, 7) is 4.09. The molecule has 2 aromatic carbocycles. The Morgan fingerprint density at radius 3 is 2.67 bits per heavy atom. The lowest BCUT2D eigenvalue weighted by Gasteiger charge is -2.21. The largest absolute Gasteiger partial charge is 0.495 e. The Kier molecular flexibility index (Phi) is 5.89. The van der Waals surface area contributed by atoms with Gasteiger partial charge in [0, 0.05) is 49.2 Å². The molecular weight excluding hydrogens is 469 g/mol. The van der Waals surface area contributed by atoms with Crippen LogP contribution in [0.3, 0.4) is 0 Å². The van der Waals surface area contributed by atoms with Crippen molar-refractivity contribution in [2.75, 3.05) is 36.1 Å². The first-order valence-corrected chi connectivity index (χ1v) is 11.6. The highest BCUT2D eigenvalue weighted by Gasteiger charge is 2.36. The van der Waals surface area contributed by atoms with Crippen LogP contribution in [0.2, 0.25) is 0 Å². The molecule has 2 aromatic heterocycles. The molecule has 0 saturated carbocycles. The van der Waals surface area contributed by atoms with E-state index in [1.54, 1.807) is 42.1 Å². The molecule has 7 nitrogen and oxygen atoms in total. The third kappa shape index (κ3) is 4.27. The zero-order valence-electron chi connectivity index (χ0n) is 20.2. The van der Waals surface area contributed by atoms with Crippen molar-refractivity contribution in [2.24, 2.45) is 13.0 Å². The van der Waals surface area contributed by atoms with Crippen molar-refractivity contribution in [3.05, 3.63) is 54.4 Å². The number of nitrogens with two attached hydrogens (primary N) is 1. The molecule has 1 aliphatic rings. The number of halogens is 3. The van der Waals surface area contributed by atoms with Crippen LogP contribution >= 0.6 is 0 Å². The molecule has 1 saturated heterocycles. The zero-order chi connectivity index (χ0) is 25.6. The summed E-state index contributed by atoms with van der Waals surface area (Å²) in [5, 5.41) is 3.62. The molecule has 4 aromatic rings. The molecule has 0 bridgehead atoms. The van der Waals surface area contributed by atoms with Crippen LogP contribution in [-0.2, 0) is 13.2 Å². The Labute approximate surface area is 206 Å². The van der Waals surface area contributed by atoms with Crippen molar-refractivity contribution in [1.82, 2.24) is 14.5 Å². The molecule has 36 heavy (non-hydrogen) atoms. The van der Waals surface area contributed by atoms with Crippen LogP contribution in [0.4, 0.5) is 36.2 Å². The number of hydrogen-bond donors (Lipinski definition) is 2. The van der Waals surface area contributed by atoms with E-state index in [-0.39, 0.29) is 11.6 Å². The summed E-state index contributed by atoms with van der Waals surface area (Å²) < 4.78 is 49.0. The number of hydrogen-bond acceptors (Lipinski definition) is 6. The molecule has 3 N–H and O–H groups in total. The van der Waals surface area contributed by atoms with E-state index in [9.17, 15) is 13.2 Å². The van der Waals surface area contributed by atoms with Gasteiger partial charge < -0.3 is 25.3 Å². The Balaban J connectivity index is 1.54. The first-order valence-electron chi connectivity index (χ1n) is 11.6. The SMILES string of the molecule is COc1cccc2c(-c3nc(Nc4ccc(N5CCC(C)C5)c(N)c4)ncc3C(F)(F)F)cn(C)c12. The number of nitrogens with zero attached hydrogens (tertiary/aromatic N) is 4. The number of aryl methyl sites for hydroxylation is 1. The maximum absolute atomic E-state index is 14.0. The minimum Gasteiger partial charge on any atom is -0.495 e. The fraction of sp³-hybridized carbons (Fsp3) is 0.308. The van der Waals surface area contributed by atoms with Gasteiger partial charge in [0.05, 0.1) is 29.7 Å². The highest BCUT2D eigenvalue weighted by Crippen LogP contribution is 2.41.